The number of anilines is 1. The van der Waals surface area contributed by atoms with Crippen LogP contribution in [0.4, 0.5) is 10.2 Å². The Bertz CT molecular complexity index is 1360. The molecule has 1 fully saturated rings. The van der Waals surface area contributed by atoms with Gasteiger partial charge in [0.15, 0.2) is 5.82 Å². The topological polar surface area (TPSA) is 71.4 Å². The van der Waals surface area contributed by atoms with Gasteiger partial charge in [-0.05, 0) is 53.6 Å². The highest BCUT2D eigenvalue weighted by molar-refractivity contribution is 6.01. The van der Waals surface area contributed by atoms with Crippen LogP contribution in [0.25, 0.3) is 32.9 Å². The number of benzene rings is 2. The molecule has 6 nitrogen and oxygen atoms in total. The smallest absolute Gasteiger partial charge is 0.318 e. The van der Waals surface area contributed by atoms with E-state index in [1.165, 1.54) is 7.11 Å². The number of aryl methyl sites for hydroxylation is 1. The molecular formula is C26H27FN4O2. The van der Waals surface area contributed by atoms with Crippen LogP contribution >= 0.6 is 0 Å². The quantitative estimate of drug-likeness (QED) is 0.447. The molecule has 1 aliphatic rings. The second-order valence-corrected chi connectivity index (χ2v) is 8.77. The highest BCUT2D eigenvalue weighted by Crippen LogP contribution is 2.38. The summed E-state index contributed by atoms with van der Waals surface area (Å²) in [6, 6.07) is 9.27. The number of aromatic hydroxyl groups is 1. The second-order valence-electron chi connectivity index (χ2n) is 8.77. The molecule has 1 N–H and O–H groups in total. The first-order chi connectivity index (χ1) is 16.0. The van der Waals surface area contributed by atoms with Crippen LogP contribution in [0.15, 0.2) is 36.5 Å². The maximum atomic E-state index is 16.1. The van der Waals surface area contributed by atoms with E-state index in [2.05, 4.69) is 33.7 Å². The molecule has 4 aromatic rings. The molecule has 0 aliphatic carbocycles. The highest BCUT2D eigenvalue weighted by atomic mass is 19.1. The molecule has 5 rings (SSSR count). The lowest BCUT2D eigenvalue weighted by Crippen LogP contribution is -2.35. The fourth-order valence-corrected chi connectivity index (χ4v) is 4.89. The van der Waals surface area contributed by atoms with Crippen molar-refractivity contribution in [3.63, 3.8) is 0 Å². The number of aromatic nitrogens is 3. The number of methoxy groups -OCH3 is 1. The van der Waals surface area contributed by atoms with Crippen molar-refractivity contribution < 1.29 is 14.2 Å². The summed E-state index contributed by atoms with van der Waals surface area (Å²) in [6.07, 6.45) is 4.64. The Morgan fingerprint density at radius 1 is 1.24 bits per heavy atom. The molecule has 7 heteroatoms. The third kappa shape index (κ3) is 3.71. The summed E-state index contributed by atoms with van der Waals surface area (Å²) in [7, 11) is 1.49. The predicted octanol–water partition coefficient (Wildman–Crippen LogP) is 5.50. The number of piperidine rings is 1. The minimum absolute atomic E-state index is 0.0651. The monoisotopic (exact) mass is 446 g/mol. The van der Waals surface area contributed by atoms with Crippen molar-refractivity contribution in [2.24, 2.45) is 5.92 Å². The van der Waals surface area contributed by atoms with Crippen LogP contribution in [0.1, 0.15) is 32.3 Å². The van der Waals surface area contributed by atoms with E-state index in [-0.39, 0.29) is 23.0 Å². The lowest BCUT2D eigenvalue weighted by atomic mass is 9.95. The highest BCUT2D eigenvalue weighted by Gasteiger charge is 2.24. The molecule has 33 heavy (non-hydrogen) atoms. The molecular weight excluding hydrogens is 419 g/mol. The molecule has 1 saturated heterocycles. The van der Waals surface area contributed by atoms with Crippen molar-refractivity contribution in [2.45, 2.75) is 33.1 Å². The average Bonchev–Trinajstić information content (AvgIpc) is 2.82. The normalized spacial score (nSPS) is 16.5. The van der Waals surface area contributed by atoms with Gasteiger partial charge in [-0.15, -0.1) is 0 Å². The lowest BCUT2D eigenvalue weighted by Gasteiger charge is -2.32. The molecule has 2 aromatic heterocycles. The Hall–Kier alpha value is -3.48. The lowest BCUT2D eigenvalue weighted by molar-refractivity contribution is 0.379. The van der Waals surface area contributed by atoms with Crippen molar-refractivity contribution >= 4 is 27.5 Å². The molecule has 1 aliphatic heterocycles. The summed E-state index contributed by atoms with van der Waals surface area (Å²) >= 11 is 0. The van der Waals surface area contributed by atoms with E-state index in [0.717, 1.165) is 48.7 Å². The fraction of sp³-hybridized carbons (Fsp3) is 0.346. The van der Waals surface area contributed by atoms with Crippen LogP contribution in [0.2, 0.25) is 0 Å². The summed E-state index contributed by atoms with van der Waals surface area (Å²) in [6.45, 7) is 5.96. The van der Waals surface area contributed by atoms with E-state index < -0.39 is 5.82 Å². The van der Waals surface area contributed by atoms with Gasteiger partial charge >= 0.3 is 6.01 Å². The number of hydrogen-bond donors (Lipinski definition) is 1. The molecule has 0 amide bonds. The second kappa shape index (κ2) is 8.46. The van der Waals surface area contributed by atoms with Gasteiger partial charge < -0.3 is 14.7 Å². The first-order valence-corrected chi connectivity index (χ1v) is 11.4. The van der Waals surface area contributed by atoms with Gasteiger partial charge in [0, 0.05) is 24.8 Å². The number of fused-ring (bicyclic) bond motifs is 2. The molecule has 3 heterocycles. The van der Waals surface area contributed by atoms with Crippen LogP contribution in [-0.2, 0) is 6.42 Å². The van der Waals surface area contributed by atoms with Crippen LogP contribution in [0, 0.1) is 11.7 Å². The number of nitrogens with zero attached hydrogens (tertiary/aromatic N) is 4. The van der Waals surface area contributed by atoms with E-state index in [1.54, 1.807) is 18.3 Å². The van der Waals surface area contributed by atoms with Gasteiger partial charge in [-0.2, -0.15) is 9.97 Å². The van der Waals surface area contributed by atoms with E-state index in [0.29, 0.717) is 22.7 Å². The maximum absolute atomic E-state index is 16.1. The average molecular weight is 447 g/mol. The molecule has 0 bridgehead atoms. The third-order valence-electron chi connectivity index (χ3n) is 6.47. The van der Waals surface area contributed by atoms with Gasteiger partial charge in [0.05, 0.1) is 12.5 Å². The fourth-order valence-electron chi connectivity index (χ4n) is 4.89. The first-order valence-electron chi connectivity index (χ1n) is 11.4. The summed E-state index contributed by atoms with van der Waals surface area (Å²) < 4.78 is 21.4. The molecule has 0 saturated carbocycles. The molecule has 2 aromatic carbocycles. The number of halogens is 1. The standard InChI is InChI=1S/C26H27FN4O2/c1-4-16-8-5-9-17-11-18(32)12-19(21(16)17)23-22(27)24-20(13-28-23)25(30-26(29-24)33-3)31-10-6-7-15(2)14-31/h5,8-9,11-13,15,32H,4,6-7,10,14H2,1-3H3/t15-/m0/s1. The number of pyridine rings is 1. The SMILES string of the molecule is CCc1cccc2cc(O)cc(-c3ncc4c(N5CCC[C@H](C)C5)nc(OC)nc4c3F)c12. The Labute approximate surface area is 192 Å². The van der Waals surface area contributed by atoms with Crippen molar-refractivity contribution in [3.05, 3.63) is 47.9 Å². The van der Waals surface area contributed by atoms with Gasteiger partial charge in [-0.25, -0.2) is 4.39 Å². The number of phenols is 1. The molecule has 170 valence electrons. The summed E-state index contributed by atoms with van der Waals surface area (Å²) in [4.78, 5) is 15.6. The summed E-state index contributed by atoms with van der Waals surface area (Å²) in [5.74, 6) is 0.696. The third-order valence-corrected chi connectivity index (χ3v) is 6.47. The van der Waals surface area contributed by atoms with E-state index in [9.17, 15) is 5.11 Å². The zero-order valence-electron chi connectivity index (χ0n) is 19.1. The largest absolute Gasteiger partial charge is 0.508 e. The Balaban J connectivity index is 1.77. The van der Waals surface area contributed by atoms with Crippen LogP contribution in [0.3, 0.4) is 0 Å². The number of phenolic OH excluding ortho intramolecular Hbond substituents is 1. The van der Waals surface area contributed by atoms with E-state index >= 15 is 4.39 Å². The van der Waals surface area contributed by atoms with Gasteiger partial charge in [-0.3, -0.25) is 4.98 Å². The van der Waals surface area contributed by atoms with E-state index in [4.69, 9.17) is 4.74 Å². The van der Waals surface area contributed by atoms with Gasteiger partial charge in [0.2, 0.25) is 0 Å². The summed E-state index contributed by atoms with van der Waals surface area (Å²) in [5, 5.41) is 12.6. The van der Waals surface area contributed by atoms with Crippen molar-refractivity contribution in [1.29, 1.82) is 0 Å². The van der Waals surface area contributed by atoms with E-state index in [1.807, 2.05) is 18.2 Å². The van der Waals surface area contributed by atoms with Crippen molar-refractivity contribution in [3.8, 4) is 23.0 Å². The first kappa shape index (κ1) is 21.4. The Kier molecular flexibility index (Phi) is 5.48. The minimum Gasteiger partial charge on any atom is -0.508 e. The van der Waals surface area contributed by atoms with Crippen LogP contribution in [0.5, 0.6) is 11.8 Å². The molecule has 0 unspecified atom stereocenters. The van der Waals surface area contributed by atoms with Crippen LogP contribution < -0.4 is 9.64 Å². The Morgan fingerprint density at radius 2 is 2.09 bits per heavy atom. The van der Waals surface area contributed by atoms with Gasteiger partial charge in [-0.1, -0.05) is 32.0 Å². The van der Waals surface area contributed by atoms with Gasteiger partial charge in [0.25, 0.3) is 0 Å². The molecule has 0 radical (unpaired) electrons. The predicted molar refractivity (Wildman–Crippen MR) is 128 cm³/mol. The molecule has 1 atom stereocenters. The number of rotatable bonds is 4. The zero-order valence-corrected chi connectivity index (χ0v) is 19.1. The van der Waals surface area contributed by atoms with Crippen LogP contribution in [-0.4, -0.2) is 40.3 Å². The van der Waals surface area contributed by atoms with Crippen molar-refractivity contribution in [2.75, 3.05) is 25.1 Å². The maximum Gasteiger partial charge on any atom is 0.318 e. The molecule has 0 spiro atoms. The summed E-state index contributed by atoms with van der Waals surface area (Å²) in [5.41, 5.74) is 1.94. The zero-order chi connectivity index (χ0) is 23.1. The Morgan fingerprint density at radius 3 is 2.85 bits per heavy atom. The van der Waals surface area contributed by atoms with Crippen molar-refractivity contribution in [1.82, 2.24) is 15.0 Å². The minimum atomic E-state index is -0.544. The number of ether oxygens (including phenoxy) is 1. The van der Waals surface area contributed by atoms with Gasteiger partial charge in [0.1, 0.15) is 22.8 Å². The number of hydrogen-bond acceptors (Lipinski definition) is 6.